The Hall–Kier alpha value is -1.93. The van der Waals surface area contributed by atoms with Crippen LogP contribution in [0.1, 0.15) is 12.5 Å². The molecule has 8 heteroatoms. The highest BCUT2D eigenvalue weighted by Gasteiger charge is 2.17. The number of ether oxygens (including phenoxy) is 1. The number of carbonyl (C=O) groups is 3. The first-order valence-corrected chi connectivity index (χ1v) is 7.95. The summed E-state index contributed by atoms with van der Waals surface area (Å²) in [6.45, 7) is 3.83. The number of carbonyl (C=O) groups excluding carboxylic acids is 3. The van der Waals surface area contributed by atoms with Crippen LogP contribution in [0.5, 0.6) is 0 Å². The number of rotatable bonds is 6. The average molecular weight is 387 g/mol. The van der Waals surface area contributed by atoms with Crippen LogP contribution in [0.4, 0.5) is 10.5 Å². The lowest BCUT2D eigenvalue weighted by molar-refractivity contribution is -0.862. The molecular weight excluding hydrogens is 366 g/mol. The number of hydrogen-bond acceptors (Lipinski definition) is 4. The van der Waals surface area contributed by atoms with Crippen LogP contribution in [-0.4, -0.2) is 44.7 Å². The highest BCUT2D eigenvalue weighted by Crippen LogP contribution is 2.19. The zero-order chi connectivity index (χ0) is 17.4. The van der Waals surface area contributed by atoms with Crippen molar-refractivity contribution in [3.05, 3.63) is 28.2 Å². The molecule has 0 saturated heterocycles. The van der Waals surface area contributed by atoms with Crippen molar-refractivity contribution >= 4 is 39.5 Å². The Bertz CT molecular complexity index is 592. The molecule has 3 amide bonds. The molecule has 126 valence electrons. The lowest BCUT2D eigenvalue weighted by atomic mass is 10.2. The maximum Gasteiger partial charge on any atom is 0.414 e. The van der Waals surface area contributed by atoms with Crippen LogP contribution < -0.4 is 15.5 Å². The van der Waals surface area contributed by atoms with Crippen molar-refractivity contribution < 1.29 is 24.0 Å². The first-order chi connectivity index (χ1) is 10.8. The van der Waals surface area contributed by atoms with E-state index in [2.05, 4.69) is 31.3 Å². The van der Waals surface area contributed by atoms with Crippen LogP contribution >= 0.6 is 15.9 Å². The van der Waals surface area contributed by atoms with E-state index < -0.39 is 12.0 Å². The minimum Gasteiger partial charge on any atom is -0.450 e. The molecule has 0 aliphatic rings. The second-order valence-electron chi connectivity index (χ2n) is 5.09. The summed E-state index contributed by atoms with van der Waals surface area (Å²) in [7, 11) is 1.69. The smallest absolute Gasteiger partial charge is 0.414 e. The summed E-state index contributed by atoms with van der Waals surface area (Å²) in [6.07, 6.45) is -0.778. The van der Waals surface area contributed by atoms with Crippen LogP contribution in [0.3, 0.4) is 0 Å². The molecule has 1 rings (SSSR count). The van der Waals surface area contributed by atoms with Crippen molar-refractivity contribution in [1.29, 1.82) is 0 Å². The van der Waals surface area contributed by atoms with Gasteiger partial charge in [0.1, 0.15) is 0 Å². The van der Waals surface area contributed by atoms with Crippen molar-refractivity contribution in [2.75, 3.05) is 32.1 Å². The van der Waals surface area contributed by atoms with Crippen LogP contribution in [0, 0.1) is 6.92 Å². The van der Waals surface area contributed by atoms with Crippen molar-refractivity contribution in [2.45, 2.75) is 13.8 Å². The maximum atomic E-state index is 12.0. The molecule has 1 aromatic rings. The summed E-state index contributed by atoms with van der Waals surface area (Å²) in [5, 5.41) is 4.89. The van der Waals surface area contributed by atoms with Crippen molar-refractivity contribution in [2.24, 2.45) is 0 Å². The summed E-state index contributed by atoms with van der Waals surface area (Å²) < 4.78 is 5.55. The minimum absolute atomic E-state index is 0.00838. The van der Waals surface area contributed by atoms with E-state index in [0.29, 0.717) is 4.90 Å². The lowest BCUT2D eigenvalue weighted by Crippen LogP contribution is -3.11. The van der Waals surface area contributed by atoms with Gasteiger partial charge in [-0.1, -0.05) is 15.9 Å². The molecule has 0 saturated carbocycles. The Morgan fingerprint density at radius 3 is 2.48 bits per heavy atom. The number of hydrogen-bond donors (Lipinski definition) is 3. The fraction of sp³-hybridized carbons (Fsp3) is 0.400. The van der Waals surface area contributed by atoms with E-state index in [1.807, 2.05) is 19.1 Å². The number of benzene rings is 1. The molecule has 3 N–H and O–H groups in total. The van der Waals surface area contributed by atoms with Crippen LogP contribution in [0.2, 0.25) is 0 Å². The lowest BCUT2D eigenvalue weighted by Gasteiger charge is -2.14. The number of alkyl carbamates (subject to hydrolysis) is 1. The predicted molar refractivity (Wildman–Crippen MR) is 89.3 cm³/mol. The average Bonchev–Trinajstić information content (AvgIpc) is 2.41. The van der Waals surface area contributed by atoms with Gasteiger partial charge in [0.15, 0.2) is 13.1 Å². The number of aryl methyl sites for hydroxylation is 1. The third-order valence-electron chi connectivity index (χ3n) is 2.90. The molecule has 1 atom stereocenters. The standard InChI is InChI=1S/C15H20BrN3O4/c1-4-23-15(22)18-14(21)9-19(3)8-13(20)17-12-6-5-11(16)7-10(12)2/h5-7H,4,8-9H2,1-3H3,(H,17,20)(H,18,21,22)/p+1. The van der Waals surface area contributed by atoms with E-state index in [-0.39, 0.29) is 25.6 Å². The molecule has 0 aliphatic carbocycles. The summed E-state index contributed by atoms with van der Waals surface area (Å²) in [5.74, 6) is -0.703. The van der Waals surface area contributed by atoms with E-state index >= 15 is 0 Å². The van der Waals surface area contributed by atoms with Gasteiger partial charge in [-0.25, -0.2) is 4.79 Å². The Kier molecular flexibility index (Phi) is 7.70. The van der Waals surface area contributed by atoms with Crippen molar-refractivity contribution in [3.8, 4) is 0 Å². The molecule has 1 aromatic carbocycles. The zero-order valence-corrected chi connectivity index (χ0v) is 15.0. The number of halogens is 1. The number of quaternary nitrogens is 1. The summed E-state index contributed by atoms with van der Waals surface area (Å²) in [6, 6.07) is 5.55. The van der Waals surface area contributed by atoms with Crippen molar-refractivity contribution in [3.63, 3.8) is 0 Å². The number of imide groups is 1. The molecule has 23 heavy (non-hydrogen) atoms. The molecule has 0 spiro atoms. The quantitative estimate of drug-likeness (QED) is 0.663. The minimum atomic E-state index is -0.778. The molecule has 1 unspecified atom stereocenters. The molecule has 0 radical (unpaired) electrons. The topological polar surface area (TPSA) is 88.9 Å². The first-order valence-electron chi connectivity index (χ1n) is 7.15. The molecule has 0 heterocycles. The van der Waals surface area contributed by atoms with Gasteiger partial charge in [-0.15, -0.1) is 0 Å². The monoisotopic (exact) mass is 386 g/mol. The molecular formula is C15H21BrN3O4+. The van der Waals surface area contributed by atoms with Crippen LogP contribution in [-0.2, 0) is 14.3 Å². The largest absolute Gasteiger partial charge is 0.450 e. The van der Waals surface area contributed by atoms with Gasteiger partial charge in [-0.3, -0.25) is 14.9 Å². The highest BCUT2D eigenvalue weighted by molar-refractivity contribution is 9.10. The summed E-state index contributed by atoms with van der Waals surface area (Å²) >= 11 is 3.36. The molecule has 7 nitrogen and oxygen atoms in total. The van der Waals surface area contributed by atoms with Gasteiger partial charge in [0.2, 0.25) is 0 Å². The Balaban J connectivity index is 2.44. The third-order valence-corrected chi connectivity index (χ3v) is 3.40. The summed E-state index contributed by atoms with van der Waals surface area (Å²) in [4.78, 5) is 35.4. The molecule has 0 aliphatic heterocycles. The fourth-order valence-electron chi connectivity index (χ4n) is 1.90. The number of amides is 3. The fourth-order valence-corrected chi connectivity index (χ4v) is 2.37. The second-order valence-corrected chi connectivity index (χ2v) is 6.00. The van der Waals surface area contributed by atoms with E-state index in [9.17, 15) is 14.4 Å². The molecule has 0 bridgehead atoms. The van der Waals surface area contributed by atoms with E-state index in [4.69, 9.17) is 0 Å². The number of anilines is 1. The number of likely N-dealkylation sites (N-methyl/N-ethyl adjacent to an activating group) is 1. The van der Waals surface area contributed by atoms with Gasteiger partial charge in [0.25, 0.3) is 11.8 Å². The molecule has 0 aromatic heterocycles. The van der Waals surface area contributed by atoms with Gasteiger partial charge in [-0.2, -0.15) is 0 Å². The predicted octanol–water partition coefficient (Wildman–Crippen LogP) is 0.483. The SMILES string of the molecule is CCOC(=O)NC(=O)C[NH+](C)CC(=O)Nc1ccc(Br)cc1C. The van der Waals surface area contributed by atoms with Gasteiger partial charge in [-0.05, 0) is 37.6 Å². The Morgan fingerprint density at radius 1 is 1.22 bits per heavy atom. The van der Waals surface area contributed by atoms with Crippen molar-refractivity contribution in [1.82, 2.24) is 5.32 Å². The van der Waals surface area contributed by atoms with E-state index in [1.54, 1.807) is 20.0 Å². The zero-order valence-electron chi connectivity index (χ0n) is 13.4. The number of nitrogens with one attached hydrogen (secondary N) is 3. The highest BCUT2D eigenvalue weighted by atomic mass is 79.9. The van der Waals surface area contributed by atoms with Gasteiger partial charge >= 0.3 is 6.09 Å². The van der Waals surface area contributed by atoms with E-state index in [0.717, 1.165) is 15.7 Å². The van der Waals surface area contributed by atoms with E-state index in [1.165, 1.54) is 0 Å². The Labute approximate surface area is 143 Å². The Morgan fingerprint density at radius 2 is 1.87 bits per heavy atom. The normalized spacial score (nSPS) is 11.5. The first kappa shape index (κ1) is 19.1. The van der Waals surface area contributed by atoms with Gasteiger partial charge in [0, 0.05) is 10.2 Å². The van der Waals surface area contributed by atoms with Crippen LogP contribution in [0.25, 0.3) is 0 Å². The van der Waals surface area contributed by atoms with Gasteiger partial charge < -0.3 is 15.0 Å². The summed E-state index contributed by atoms with van der Waals surface area (Å²) in [5.41, 5.74) is 1.66. The maximum absolute atomic E-state index is 12.0. The third kappa shape index (κ3) is 7.25. The molecule has 0 fully saturated rings. The van der Waals surface area contributed by atoms with Crippen LogP contribution in [0.15, 0.2) is 22.7 Å². The second kappa shape index (κ2) is 9.26. The van der Waals surface area contributed by atoms with Gasteiger partial charge in [0.05, 0.1) is 13.7 Å².